The molecule has 129 heavy (non-hydrogen) atoms. The van der Waals surface area contributed by atoms with Gasteiger partial charge in [0.1, 0.15) is 0 Å². The number of rotatable bonds is 4. The first kappa shape index (κ1) is 74.0. The van der Waals surface area contributed by atoms with Gasteiger partial charge in [-0.25, -0.2) is 0 Å². The van der Waals surface area contributed by atoms with Crippen LogP contribution in [-0.2, 0) is 0 Å². The molecule has 8 aliphatic heterocycles. The van der Waals surface area contributed by atoms with E-state index in [1.54, 1.807) is 0 Å². The van der Waals surface area contributed by atoms with E-state index in [-0.39, 0.29) is 27.4 Å². The fourth-order valence-corrected chi connectivity index (χ4v) is 22.4. The summed E-state index contributed by atoms with van der Waals surface area (Å²) in [7, 11) is 0. The number of hydrogen-bond acceptors (Lipinski definition) is 4. The second-order valence-electron chi connectivity index (χ2n) is 34.4. The highest BCUT2D eigenvalue weighted by Gasteiger charge is 2.48. The van der Waals surface area contributed by atoms with Crippen LogP contribution in [0.1, 0.15) is 0 Å². The van der Waals surface area contributed by atoms with E-state index < -0.39 is 0 Å². The molecule has 0 saturated carbocycles. The van der Waals surface area contributed by atoms with Crippen LogP contribution in [0.25, 0.3) is 128 Å². The number of aromatic nitrogens is 3. The predicted molar refractivity (Wildman–Crippen MR) is 545 cm³/mol. The number of nitrogens with zero attached hydrogens (tertiary/aromatic N) is 7. The molecule has 0 N–H and O–H groups in total. The van der Waals surface area contributed by atoms with Crippen molar-refractivity contribution < 1.29 is 0 Å². The van der Waals surface area contributed by atoms with Crippen molar-refractivity contribution >= 4 is 128 Å². The molecule has 0 unspecified atom stereocenters. The fraction of sp³-hybridized carbons (Fsp3) is 0. The van der Waals surface area contributed by atoms with E-state index in [0.29, 0.717) is 0 Å². The second-order valence-corrected chi connectivity index (χ2v) is 34.4. The predicted octanol–water partition coefficient (Wildman–Crippen LogP) is 23.6. The summed E-state index contributed by atoms with van der Waals surface area (Å²) < 4.78 is 7.10. The molecule has 18 aromatic carbocycles. The summed E-state index contributed by atoms with van der Waals surface area (Å²) in [6, 6.07) is 170. The highest BCUT2D eigenvalue weighted by Crippen LogP contribution is 2.52. The molecule has 0 fully saturated rings. The fourth-order valence-electron chi connectivity index (χ4n) is 22.4. The molecule has 29 rings (SSSR count). The lowest BCUT2D eigenvalue weighted by molar-refractivity contribution is 1.04. The Balaban J connectivity index is 0.0000000918. The summed E-state index contributed by atoms with van der Waals surface area (Å²) in [5, 5.41) is 1.31. The van der Waals surface area contributed by atoms with E-state index in [9.17, 15) is 0 Å². The number of hydrogen-bond donors (Lipinski definition) is 0. The smallest absolute Gasteiger partial charge is 0.363 e. The Morgan fingerprint density at radius 3 is 0.946 bits per heavy atom. The van der Waals surface area contributed by atoms with Crippen LogP contribution in [0.4, 0.5) is 45.5 Å². The van der Waals surface area contributed by atoms with Crippen molar-refractivity contribution in [1.29, 1.82) is 0 Å². The Morgan fingerprint density at radius 1 is 0.171 bits per heavy atom. The minimum atomic E-state index is 0.0807. The molecule has 11 heteroatoms. The van der Waals surface area contributed by atoms with Crippen molar-refractivity contribution in [3.8, 4) is 117 Å². The number of anilines is 8. The first-order chi connectivity index (χ1) is 64.1. The Bertz CT molecular complexity index is 7820. The van der Waals surface area contributed by atoms with Gasteiger partial charge in [-0.05, 0) is 209 Å². The third-order valence-corrected chi connectivity index (χ3v) is 27.7. The normalized spacial score (nSPS) is 13.0. The first-order valence-electron chi connectivity index (χ1n) is 44.8. The minimum absolute atomic E-state index is 0.0807. The van der Waals surface area contributed by atoms with Gasteiger partial charge in [-0.15, -0.1) is 0 Å². The van der Waals surface area contributed by atoms with Crippen LogP contribution in [0.5, 0.6) is 0 Å². The molecule has 0 bridgehead atoms. The van der Waals surface area contributed by atoms with Gasteiger partial charge in [0.05, 0.1) is 34.0 Å². The molecule has 0 amide bonds. The van der Waals surface area contributed by atoms with Gasteiger partial charge in [0.15, 0.2) is 0 Å². The first-order valence-corrected chi connectivity index (χ1v) is 44.8. The zero-order chi connectivity index (χ0) is 84.7. The number of para-hydroxylation sites is 11. The monoisotopic (exact) mass is 1640 g/mol. The molecule has 11 heterocycles. The van der Waals surface area contributed by atoms with Crippen LogP contribution < -0.4 is 63.2 Å². The summed E-state index contributed by atoms with van der Waals surface area (Å²) >= 11 is 0. The highest BCUT2D eigenvalue weighted by atomic mass is 15.2. The number of fused-ring (bicyclic) bond motifs is 46. The van der Waals surface area contributed by atoms with Crippen molar-refractivity contribution in [2.24, 2.45) is 0 Å². The van der Waals surface area contributed by atoms with Crippen molar-refractivity contribution in [3.63, 3.8) is 0 Å². The summed E-state index contributed by atoms with van der Waals surface area (Å²) in [6.45, 7) is 0.546. The summed E-state index contributed by atoms with van der Waals surface area (Å²) in [6.07, 6.45) is 4.33. The van der Waals surface area contributed by atoms with E-state index in [4.69, 9.17) is 0 Å². The average molecular weight is 1640 g/mol. The standard InChI is InChI=1S/C36H24BN.C32H21BN2.C30H20BN.C20H14BN3/c1-3-11-25(12-4-1)27-19-21-29-31-15-7-9-17-35(31)38-36-18-10-8-16-32(36)30-22-20-28(26-13-5-2-6-14-26)24-34(30)37(38)33(29)23-27;1-2-12-22(13-3-1)34-28-19-9-6-16-25(28)31-32(34)26-17-7-11-21-30(26)35-29-20-10-5-15-24(29)23-14-4-8-18-27(23)33(31)35;1-2-10-21(11-3-1)22-18-19-30-26(20-22)24-13-5-8-16-28(24)31-27-15-7-4-12-23(27)25-14-6-9-17-29(25)32(30)31;1-3-9-17-15(7-1)22-13-5-11-19(22)21-20-12-6-14-23(20)16-8-2-4-10-18(16)24(17)21/h1-24H;1-21H;1-20H;1-14H. The lowest BCUT2D eigenvalue weighted by Gasteiger charge is -2.43. The van der Waals surface area contributed by atoms with Crippen molar-refractivity contribution in [2.75, 3.05) is 19.2 Å². The van der Waals surface area contributed by atoms with Gasteiger partial charge in [0.2, 0.25) is 0 Å². The Hall–Kier alpha value is -16.5. The third-order valence-electron chi connectivity index (χ3n) is 27.7. The van der Waals surface area contributed by atoms with Crippen molar-refractivity contribution in [3.05, 3.63) is 480 Å². The maximum absolute atomic E-state index is 2.57. The van der Waals surface area contributed by atoms with Crippen LogP contribution in [0.15, 0.2) is 480 Å². The summed E-state index contributed by atoms with van der Waals surface area (Å²) in [5.74, 6) is 0. The molecule has 0 spiro atoms. The zero-order valence-electron chi connectivity index (χ0n) is 70.6. The lowest BCUT2D eigenvalue weighted by Crippen LogP contribution is -2.63. The van der Waals surface area contributed by atoms with Gasteiger partial charge in [-0.3, -0.25) is 0 Å². The quantitative estimate of drug-likeness (QED) is 0.164. The van der Waals surface area contributed by atoms with E-state index in [2.05, 4.69) is 512 Å². The molecular formula is C118H79B4N7. The van der Waals surface area contributed by atoms with Gasteiger partial charge in [0.25, 0.3) is 0 Å². The zero-order valence-corrected chi connectivity index (χ0v) is 70.6. The van der Waals surface area contributed by atoms with Crippen LogP contribution >= 0.6 is 0 Å². The summed E-state index contributed by atoms with van der Waals surface area (Å²) in [4.78, 5) is 10.2. The van der Waals surface area contributed by atoms with Gasteiger partial charge in [-0.1, -0.05) is 358 Å². The maximum Gasteiger partial charge on any atom is 0.363 e. The maximum atomic E-state index is 2.57. The Morgan fingerprint density at radius 2 is 0.481 bits per heavy atom. The topological polar surface area (TPSA) is 27.8 Å². The van der Waals surface area contributed by atoms with Gasteiger partial charge >= 0.3 is 27.4 Å². The van der Waals surface area contributed by atoms with Gasteiger partial charge in [0, 0.05) is 96.8 Å². The van der Waals surface area contributed by atoms with Crippen molar-refractivity contribution in [1.82, 2.24) is 13.7 Å². The van der Waals surface area contributed by atoms with Crippen molar-refractivity contribution in [2.45, 2.75) is 0 Å². The SMILES string of the molecule is c1ccc(-c2ccc3c(c2)-c2ccccc2B2c4ccccc4-c4ccccc4N23)cc1.c1ccc(-c2ccc3c(c2)B2c4cc(-c5ccccc5)ccc4-c4ccccc4N2c2ccccc2-3)cc1.c1ccc(-n2c3c(c4ccccc42)B2c4ccccc4-c4ccccc4N2c2ccccc2-3)cc1.c1ccc2c(c1)N1B(c3cccn3-2)c2cccn2-c2ccccc21. The molecule has 3 aromatic heterocycles. The summed E-state index contributed by atoms with van der Waals surface area (Å²) in [5.41, 5.74) is 49.0. The minimum Gasteiger partial charge on any atom is -0.376 e. The number of benzene rings is 18. The molecule has 0 aliphatic carbocycles. The average Bonchev–Trinajstić information content (AvgIpc) is 1.63. The van der Waals surface area contributed by atoms with Crippen LogP contribution in [0.3, 0.4) is 0 Å². The highest BCUT2D eigenvalue weighted by molar-refractivity contribution is 6.95. The largest absolute Gasteiger partial charge is 0.376 e. The van der Waals surface area contributed by atoms with Crippen LogP contribution in [0, 0.1) is 0 Å². The Kier molecular flexibility index (Phi) is 17.3. The second kappa shape index (κ2) is 30.2. The molecular weight excluding hydrogens is 1560 g/mol. The van der Waals surface area contributed by atoms with E-state index >= 15 is 0 Å². The lowest BCUT2D eigenvalue weighted by atomic mass is 9.43. The van der Waals surface area contributed by atoms with E-state index in [0.717, 1.165) is 0 Å². The van der Waals surface area contributed by atoms with Crippen LogP contribution in [0.2, 0.25) is 0 Å². The molecule has 598 valence electrons. The van der Waals surface area contributed by atoms with Gasteiger partial charge < -0.3 is 32.9 Å². The van der Waals surface area contributed by atoms with E-state index in [1.165, 1.54) is 218 Å². The van der Waals surface area contributed by atoms with Gasteiger partial charge in [-0.2, -0.15) is 0 Å². The molecule has 21 aromatic rings. The Labute approximate surface area is 752 Å². The molecule has 0 saturated heterocycles. The van der Waals surface area contributed by atoms with Crippen LogP contribution in [-0.4, -0.2) is 41.1 Å². The molecule has 8 aliphatic rings. The molecule has 0 atom stereocenters. The molecule has 7 nitrogen and oxygen atoms in total. The third kappa shape index (κ3) is 11.6. The van der Waals surface area contributed by atoms with E-state index in [1.807, 2.05) is 0 Å². The molecule has 0 radical (unpaired) electrons.